The molecular weight excluding hydrogens is 408 g/mol. The van der Waals surface area contributed by atoms with Crippen LogP contribution >= 0.6 is 23.5 Å². The van der Waals surface area contributed by atoms with Crippen LogP contribution in [0.25, 0.3) is 21.5 Å². The molecule has 0 N–H and O–H groups in total. The molecule has 0 bridgehead atoms. The van der Waals surface area contributed by atoms with E-state index in [2.05, 4.69) is 61.9 Å². The van der Waals surface area contributed by atoms with E-state index in [0.717, 1.165) is 60.1 Å². The van der Waals surface area contributed by atoms with E-state index >= 15 is 0 Å². The summed E-state index contributed by atoms with van der Waals surface area (Å²) in [5.41, 5.74) is 1.33. The van der Waals surface area contributed by atoms with E-state index in [-0.39, 0.29) is 0 Å². The summed E-state index contributed by atoms with van der Waals surface area (Å²) in [7, 11) is 0. The first-order valence-corrected chi connectivity index (χ1v) is 13.8. The maximum atomic E-state index is 6.42. The number of fused-ring (bicyclic) bond motifs is 2. The van der Waals surface area contributed by atoms with Gasteiger partial charge in [0.2, 0.25) is 0 Å². The topological polar surface area (TPSA) is 18.5 Å². The van der Waals surface area contributed by atoms with Crippen LogP contribution in [0.1, 0.15) is 38.2 Å². The quantitative estimate of drug-likeness (QED) is 0.200. The van der Waals surface area contributed by atoms with Crippen molar-refractivity contribution in [2.24, 2.45) is 0 Å². The van der Waals surface area contributed by atoms with E-state index in [1.54, 1.807) is 0 Å². The van der Waals surface area contributed by atoms with Gasteiger partial charge in [-0.1, -0.05) is 43.3 Å². The molecule has 0 aliphatic carbocycles. The van der Waals surface area contributed by atoms with E-state index in [1.807, 2.05) is 23.5 Å². The predicted molar refractivity (Wildman–Crippen MR) is 137 cm³/mol. The molecule has 0 spiro atoms. The van der Waals surface area contributed by atoms with Gasteiger partial charge in [0.25, 0.3) is 0 Å². The molecule has 0 fully saturated rings. The van der Waals surface area contributed by atoms with Crippen LogP contribution in [0.5, 0.6) is 11.5 Å². The Labute approximate surface area is 190 Å². The summed E-state index contributed by atoms with van der Waals surface area (Å²) in [5, 5.41) is 4.65. The lowest BCUT2D eigenvalue weighted by Gasteiger charge is -2.18. The molecule has 0 heterocycles. The Morgan fingerprint density at radius 1 is 0.667 bits per heavy atom. The van der Waals surface area contributed by atoms with Crippen molar-refractivity contribution in [3.05, 3.63) is 48.0 Å². The van der Waals surface area contributed by atoms with Gasteiger partial charge in [0.15, 0.2) is 0 Å². The molecule has 3 rings (SSSR count). The molecule has 0 aliphatic rings. The molecule has 30 heavy (non-hydrogen) atoms. The molecule has 0 atom stereocenters. The van der Waals surface area contributed by atoms with Crippen molar-refractivity contribution in [1.29, 1.82) is 0 Å². The Balaban J connectivity index is 1.99. The first-order valence-electron chi connectivity index (χ1n) is 11.0. The van der Waals surface area contributed by atoms with Crippen LogP contribution in [-0.2, 0) is 6.42 Å². The smallest absolute Gasteiger partial charge is 0.135 e. The zero-order valence-corrected chi connectivity index (χ0v) is 20.2. The first kappa shape index (κ1) is 23.1. The van der Waals surface area contributed by atoms with Crippen molar-refractivity contribution in [2.45, 2.75) is 39.0 Å². The molecule has 0 saturated heterocycles. The number of aryl methyl sites for hydroxylation is 1. The monoisotopic (exact) mass is 442 g/mol. The minimum absolute atomic E-state index is 0.754. The van der Waals surface area contributed by atoms with Gasteiger partial charge < -0.3 is 9.47 Å². The molecule has 0 aliphatic heterocycles. The Kier molecular flexibility index (Phi) is 9.54. The maximum absolute atomic E-state index is 6.42. The molecule has 162 valence electrons. The lowest BCUT2D eigenvalue weighted by atomic mass is 9.98. The van der Waals surface area contributed by atoms with Crippen LogP contribution in [0.15, 0.2) is 42.5 Å². The van der Waals surface area contributed by atoms with E-state index in [9.17, 15) is 0 Å². The van der Waals surface area contributed by atoms with Gasteiger partial charge in [-0.05, 0) is 67.8 Å². The van der Waals surface area contributed by atoms with Crippen molar-refractivity contribution in [3.8, 4) is 11.5 Å². The first-order chi connectivity index (χ1) is 14.8. The average molecular weight is 443 g/mol. The lowest BCUT2D eigenvalue weighted by Crippen LogP contribution is -2.03. The zero-order valence-electron chi connectivity index (χ0n) is 18.5. The molecule has 0 aromatic heterocycles. The average Bonchev–Trinajstić information content (AvgIpc) is 2.79. The van der Waals surface area contributed by atoms with Crippen molar-refractivity contribution in [1.82, 2.24) is 0 Å². The molecule has 0 unspecified atom stereocenters. The second-order valence-electron chi connectivity index (χ2n) is 7.53. The summed E-state index contributed by atoms with van der Waals surface area (Å²) in [6, 6.07) is 15.3. The lowest BCUT2D eigenvalue weighted by molar-refractivity contribution is 0.312. The van der Waals surface area contributed by atoms with E-state index in [4.69, 9.17) is 9.47 Å². The Hall–Kier alpha value is -1.52. The van der Waals surface area contributed by atoms with Gasteiger partial charge >= 0.3 is 0 Å². The fraction of sp³-hybridized carbons (Fsp3) is 0.462. The standard InChI is InChI=1S/C26H34O2S2/c1-4-20-13-14-23-24(19-20)26(28-16-8-10-18-30-3)22-12-6-5-11-21(22)25(23)27-15-7-9-17-29-2/h5-6,11-14,19H,4,7-10,15-18H2,1-3H3. The Morgan fingerprint density at radius 2 is 1.20 bits per heavy atom. The third kappa shape index (κ3) is 5.79. The number of unbranched alkanes of at least 4 members (excludes halogenated alkanes) is 2. The highest BCUT2D eigenvalue weighted by Gasteiger charge is 2.16. The fourth-order valence-corrected chi connectivity index (χ4v) is 4.71. The summed E-state index contributed by atoms with van der Waals surface area (Å²) >= 11 is 3.80. The molecule has 3 aromatic carbocycles. The van der Waals surface area contributed by atoms with Gasteiger partial charge in [-0.15, -0.1) is 0 Å². The third-order valence-electron chi connectivity index (χ3n) is 5.38. The normalized spacial score (nSPS) is 11.3. The molecule has 4 heteroatoms. The van der Waals surface area contributed by atoms with Crippen molar-refractivity contribution in [2.75, 3.05) is 37.2 Å². The molecule has 3 aromatic rings. The highest BCUT2D eigenvalue weighted by Crippen LogP contribution is 2.43. The van der Waals surface area contributed by atoms with E-state index < -0.39 is 0 Å². The number of thioether (sulfide) groups is 2. The van der Waals surface area contributed by atoms with E-state index in [1.165, 1.54) is 35.3 Å². The minimum Gasteiger partial charge on any atom is -0.492 e. The number of ether oxygens (including phenoxy) is 2. The van der Waals surface area contributed by atoms with Crippen LogP contribution in [-0.4, -0.2) is 37.2 Å². The van der Waals surface area contributed by atoms with E-state index in [0.29, 0.717) is 0 Å². The number of hydrogen-bond donors (Lipinski definition) is 0. The van der Waals surface area contributed by atoms with Gasteiger partial charge in [0, 0.05) is 21.5 Å². The van der Waals surface area contributed by atoms with Gasteiger partial charge in [-0.25, -0.2) is 0 Å². The molecule has 0 amide bonds. The zero-order chi connectivity index (χ0) is 21.2. The minimum atomic E-state index is 0.754. The summed E-state index contributed by atoms with van der Waals surface area (Å²) in [6.45, 7) is 3.71. The number of benzene rings is 3. The number of hydrogen-bond acceptors (Lipinski definition) is 4. The second-order valence-corrected chi connectivity index (χ2v) is 9.51. The SMILES string of the molecule is CCc1ccc2c(OCCCCSC)c3ccccc3c(OCCCCSC)c2c1. The number of rotatable bonds is 13. The van der Waals surface area contributed by atoms with Crippen molar-refractivity contribution >= 4 is 45.1 Å². The fourth-order valence-electron chi connectivity index (χ4n) is 3.72. The third-order valence-corrected chi connectivity index (χ3v) is 6.77. The summed E-state index contributed by atoms with van der Waals surface area (Å²) in [4.78, 5) is 0. The molecule has 0 saturated carbocycles. The van der Waals surface area contributed by atoms with Crippen LogP contribution in [0, 0.1) is 0 Å². The van der Waals surface area contributed by atoms with Crippen LogP contribution in [0.4, 0.5) is 0 Å². The van der Waals surface area contributed by atoms with Crippen molar-refractivity contribution in [3.63, 3.8) is 0 Å². The summed E-state index contributed by atoms with van der Waals surface area (Å²) in [5.74, 6) is 4.39. The Bertz CT molecular complexity index is 939. The second kappa shape index (κ2) is 12.4. The van der Waals surface area contributed by atoms with Crippen LogP contribution in [0.2, 0.25) is 0 Å². The highest BCUT2D eigenvalue weighted by atomic mass is 32.2. The summed E-state index contributed by atoms with van der Waals surface area (Å²) in [6.07, 6.45) is 9.87. The summed E-state index contributed by atoms with van der Waals surface area (Å²) < 4.78 is 12.8. The van der Waals surface area contributed by atoms with Crippen LogP contribution in [0.3, 0.4) is 0 Å². The van der Waals surface area contributed by atoms with Crippen molar-refractivity contribution < 1.29 is 9.47 Å². The highest BCUT2D eigenvalue weighted by molar-refractivity contribution is 7.98. The molecular formula is C26H34O2S2. The molecule has 2 nitrogen and oxygen atoms in total. The van der Waals surface area contributed by atoms with Gasteiger partial charge in [-0.2, -0.15) is 23.5 Å². The van der Waals surface area contributed by atoms with Gasteiger partial charge in [-0.3, -0.25) is 0 Å². The maximum Gasteiger partial charge on any atom is 0.135 e. The largest absolute Gasteiger partial charge is 0.492 e. The van der Waals surface area contributed by atoms with Gasteiger partial charge in [0.1, 0.15) is 11.5 Å². The van der Waals surface area contributed by atoms with Gasteiger partial charge in [0.05, 0.1) is 13.2 Å². The predicted octanol–water partition coefficient (Wildman–Crippen LogP) is 7.60. The molecule has 0 radical (unpaired) electrons. The van der Waals surface area contributed by atoms with Crippen LogP contribution < -0.4 is 9.47 Å². The Morgan fingerprint density at radius 3 is 1.73 bits per heavy atom.